The molecule has 7 heteroatoms. The minimum Gasteiger partial charge on any atom is -0.378 e. The van der Waals surface area contributed by atoms with Gasteiger partial charge in [0.2, 0.25) is 0 Å². The number of halogens is 1. The van der Waals surface area contributed by atoms with E-state index < -0.39 is 0 Å². The van der Waals surface area contributed by atoms with Crippen molar-refractivity contribution in [2.75, 3.05) is 20.2 Å². The van der Waals surface area contributed by atoms with E-state index in [0.29, 0.717) is 12.5 Å². The zero-order valence-electron chi connectivity index (χ0n) is 16.6. The predicted molar refractivity (Wildman–Crippen MR) is 126 cm³/mol. The van der Waals surface area contributed by atoms with E-state index in [1.807, 2.05) is 25.1 Å². The molecule has 0 aliphatic rings. The first kappa shape index (κ1) is 23.8. The number of rotatable bonds is 9. The van der Waals surface area contributed by atoms with Crippen LogP contribution < -0.4 is 10.6 Å². The van der Waals surface area contributed by atoms with Crippen LogP contribution in [0.15, 0.2) is 40.7 Å². The minimum absolute atomic E-state index is 0. The van der Waals surface area contributed by atoms with Crippen molar-refractivity contribution in [2.24, 2.45) is 10.9 Å². The molecule has 0 amide bonds. The van der Waals surface area contributed by atoms with Gasteiger partial charge in [-0.2, -0.15) is 0 Å². The van der Waals surface area contributed by atoms with Crippen LogP contribution in [0.25, 0.3) is 11.3 Å². The summed E-state index contributed by atoms with van der Waals surface area (Å²) in [4.78, 5) is 8.98. The van der Waals surface area contributed by atoms with Gasteiger partial charge in [0.1, 0.15) is 5.01 Å². The molecule has 150 valence electrons. The van der Waals surface area contributed by atoms with Crippen molar-refractivity contribution in [2.45, 2.75) is 39.8 Å². The monoisotopic (exact) mass is 502 g/mol. The topological polar surface area (TPSA) is 58.5 Å². The average molecular weight is 502 g/mol. The van der Waals surface area contributed by atoms with E-state index >= 15 is 0 Å². The molecule has 0 radical (unpaired) electrons. The highest BCUT2D eigenvalue weighted by atomic mass is 127. The van der Waals surface area contributed by atoms with Gasteiger partial charge in [0, 0.05) is 31.1 Å². The largest absolute Gasteiger partial charge is 0.378 e. The maximum Gasteiger partial charge on any atom is 0.191 e. The number of ether oxygens (including phenoxy) is 1. The second-order valence-corrected chi connectivity index (χ2v) is 7.31. The number of hydrogen-bond acceptors (Lipinski definition) is 4. The maximum absolute atomic E-state index is 5.78. The predicted octanol–water partition coefficient (Wildman–Crippen LogP) is 4.54. The Morgan fingerprint density at radius 2 is 1.96 bits per heavy atom. The first-order chi connectivity index (χ1) is 12.6. The lowest BCUT2D eigenvalue weighted by atomic mass is 10.0. The fraction of sp³-hybridized carbons (Fsp3) is 0.500. The number of aromatic nitrogens is 1. The minimum atomic E-state index is 0. The third-order valence-electron chi connectivity index (χ3n) is 4.10. The molecular formula is C20H31IN4OS. The van der Waals surface area contributed by atoms with Crippen molar-refractivity contribution in [3.05, 3.63) is 40.7 Å². The van der Waals surface area contributed by atoms with Gasteiger partial charge in [-0.25, -0.2) is 4.98 Å². The lowest BCUT2D eigenvalue weighted by molar-refractivity contribution is 0.0258. The third-order valence-corrected chi connectivity index (χ3v) is 4.95. The number of nitrogens with zero attached hydrogens (tertiary/aromatic N) is 2. The van der Waals surface area contributed by atoms with Gasteiger partial charge in [-0.05, 0) is 19.3 Å². The summed E-state index contributed by atoms with van der Waals surface area (Å²) in [6.45, 7) is 8.68. The summed E-state index contributed by atoms with van der Waals surface area (Å²) in [5.74, 6) is 1.30. The molecule has 2 N–H and O–H groups in total. The molecule has 0 bridgehead atoms. The van der Waals surface area contributed by atoms with Gasteiger partial charge in [0.25, 0.3) is 0 Å². The Kier molecular flexibility index (Phi) is 11.5. The third kappa shape index (κ3) is 8.15. The van der Waals surface area contributed by atoms with Gasteiger partial charge in [0.05, 0.1) is 18.3 Å². The summed E-state index contributed by atoms with van der Waals surface area (Å²) in [6.07, 6.45) is 1.24. The Labute approximate surface area is 184 Å². The van der Waals surface area contributed by atoms with Crippen LogP contribution in [-0.4, -0.2) is 37.2 Å². The lowest BCUT2D eigenvalue weighted by Gasteiger charge is -2.21. The van der Waals surface area contributed by atoms with E-state index in [1.165, 1.54) is 0 Å². The van der Waals surface area contributed by atoms with Crippen LogP contribution in [0, 0.1) is 5.92 Å². The van der Waals surface area contributed by atoms with E-state index in [4.69, 9.17) is 9.72 Å². The Balaban J connectivity index is 0.00000364. The average Bonchev–Trinajstić information content (AvgIpc) is 3.13. The standard InChI is InChI=1S/C20H30N4OS.HI/c1-5-25-18(15(2)3)11-12-22-20(21-4)23-13-19-24-17(14-26-19)16-9-7-6-8-10-16;/h6-10,14-15,18H,5,11-13H2,1-4H3,(H2,21,22,23);1H. The number of benzene rings is 1. The molecule has 0 spiro atoms. The summed E-state index contributed by atoms with van der Waals surface area (Å²) in [7, 11) is 1.79. The maximum atomic E-state index is 5.78. The zero-order chi connectivity index (χ0) is 18.8. The summed E-state index contributed by atoms with van der Waals surface area (Å²) < 4.78 is 5.78. The number of aliphatic imine (C=N–C) groups is 1. The molecule has 27 heavy (non-hydrogen) atoms. The van der Waals surface area contributed by atoms with E-state index in [0.717, 1.165) is 41.8 Å². The summed E-state index contributed by atoms with van der Waals surface area (Å²) >= 11 is 1.66. The highest BCUT2D eigenvalue weighted by molar-refractivity contribution is 14.0. The second kappa shape index (κ2) is 13.1. The molecule has 0 fully saturated rings. The normalized spacial score (nSPS) is 12.6. The summed E-state index contributed by atoms with van der Waals surface area (Å²) in [5.41, 5.74) is 2.17. The SMILES string of the molecule is CCOC(CCNC(=NC)NCc1nc(-c2ccccc2)cs1)C(C)C.I. The van der Waals surface area contributed by atoms with Crippen LogP contribution in [0.2, 0.25) is 0 Å². The quantitative estimate of drug-likeness (QED) is 0.300. The summed E-state index contributed by atoms with van der Waals surface area (Å²) in [6, 6.07) is 10.2. The molecule has 5 nitrogen and oxygen atoms in total. The van der Waals surface area contributed by atoms with Crippen LogP contribution >= 0.6 is 35.3 Å². The van der Waals surface area contributed by atoms with Crippen molar-refractivity contribution in [1.29, 1.82) is 0 Å². The Morgan fingerprint density at radius 3 is 2.59 bits per heavy atom. The molecule has 1 aromatic heterocycles. The van der Waals surface area contributed by atoms with Gasteiger partial charge in [0.15, 0.2) is 5.96 Å². The van der Waals surface area contributed by atoms with E-state index in [9.17, 15) is 0 Å². The van der Waals surface area contributed by atoms with Crippen molar-refractivity contribution >= 4 is 41.3 Å². The van der Waals surface area contributed by atoms with Gasteiger partial charge in [-0.3, -0.25) is 4.99 Å². The van der Waals surface area contributed by atoms with Crippen molar-refractivity contribution in [3.63, 3.8) is 0 Å². The van der Waals surface area contributed by atoms with E-state index in [1.54, 1.807) is 18.4 Å². The highest BCUT2D eigenvalue weighted by Crippen LogP contribution is 2.21. The molecule has 1 aromatic carbocycles. The zero-order valence-corrected chi connectivity index (χ0v) is 19.7. The molecular weight excluding hydrogens is 471 g/mol. The van der Waals surface area contributed by atoms with Crippen LogP contribution in [0.5, 0.6) is 0 Å². The number of guanidine groups is 1. The van der Waals surface area contributed by atoms with Gasteiger partial charge in [-0.1, -0.05) is 44.2 Å². The highest BCUT2D eigenvalue weighted by Gasteiger charge is 2.13. The fourth-order valence-electron chi connectivity index (χ4n) is 2.67. The first-order valence-corrected chi connectivity index (χ1v) is 10.1. The van der Waals surface area contributed by atoms with E-state index in [-0.39, 0.29) is 30.1 Å². The molecule has 0 saturated carbocycles. The van der Waals surface area contributed by atoms with Gasteiger partial charge in [-0.15, -0.1) is 35.3 Å². The van der Waals surface area contributed by atoms with E-state index in [2.05, 4.69) is 47.0 Å². The smallest absolute Gasteiger partial charge is 0.191 e. The molecule has 1 atom stereocenters. The second-order valence-electron chi connectivity index (χ2n) is 6.37. The molecule has 0 saturated heterocycles. The molecule has 1 unspecified atom stereocenters. The van der Waals surface area contributed by atoms with Crippen LogP contribution in [0.1, 0.15) is 32.2 Å². The number of thiazole rings is 1. The molecule has 2 aromatic rings. The van der Waals surface area contributed by atoms with Crippen molar-refractivity contribution < 1.29 is 4.74 Å². The van der Waals surface area contributed by atoms with Crippen molar-refractivity contribution in [3.8, 4) is 11.3 Å². The van der Waals surface area contributed by atoms with Gasteiger partial charge >= 0.3 is 0 Å². The number of hydrogen-bond donors (Lipinski definition) is 2. The first-order valence-electron chi connectivity index (χ1n) is 9.20. The molecule has 0 aliphatic carbocycles. The van der Waals surface area contributed by atoms with Crippen LogP contribution in [-0.2, 0) is 11.3 Å². The molecule has 0 aliphatic heterocycles. The lowest BCUT2D eigenvalue weighted by Crippen LogP contribution is -2.38. The molecule has 2 rings (SSSR count). The fourth-order valence-corrected chi connectivity index (χ4v) is 3.41. The Morgan fingerprint density at radius 1 is 1.22 bits per heavy atom. The van der Waals surface area contributed by atoms with Gasteiger partial charge < -0.3 is 15.4 Å². The Bertz CT molecular complexity index is 676. The Hall–Kier alpha value is -1.19. The van der Waals surface area contributed by atoms with Crippen LogP contribution in [0.3, 0.4) is 0 Å². The van der Waals surface area contributed by atoms with Crippen LogP contribution in [0.4, 0.5) is 0 Å². The number of nitrogens with one attached hydrogen (secondary N) is 2. The van der Waals surface area contributed by atoms with Crippen molar-refractivity contribution in [1.82, 2.24) is 15.6 Å². The molecule has 1 heterocycles. The summed E-state index contributed by atoms with van der Waals surface area (Å²) in [5, 5.41) is 9.83.